The number of piperidine rings is 1. The van der Waals surface area contributed by atoms with E-state index in [-0.39, 0.29) is 12.5 Å². The number of hydrogen-bond acceptors (Lipinski definition) is 7. The number of amides is 1. The van der Waals surface area contributed by atoms with Gasteiger partial charge in [0, 0.05) is 37.0 Å². The molecule has 1 fully saturated rings. The standard InChI is InChI=1S/C22H27N5O3S/c1-15-19(17(3)30-25-15)13-27-11-8-23-22(27)18-6-9-26(10-7-18)21(28)14-29-24-16(2)20-5-4-12-31-20/h4-5,8,11-12,18H,6-7,9-10,13-14H2,1-3H3. The highest BCUT2D eigenvalue weighted by Gasteiger charge is 2.27. The predicted molar refractivity (Wildman–Crippen MR) is 118 cm³/mol. The lowest BCUT2D eigenvalue weighted by Crippen LogP contribution is -2.40. The zero-order valence-electron chi connectivity index (χ0n) is 18.1. The molecule has 4 rings (SSSR count). The number of imidazole rings is 1. The Morgan fingerprint density at radius 3 is 2.84 bits per heavy atom. The Kier molecular flexibility index (Phi) is 6.50. The molecule has 1 saturated heterocycles. The number of hydrogen-bond donors (Lipinski definition) is 0. The maximum Gasteiger partial charge on any atom is 0.263 e. The van der Waals surface area contributed by atoms with E-state index in [0.29, 0.717) is 25.6 Å². The van der Waals surface area contributed by atoms with E-state index in [1.165, 1.54) is 0 Å². The molecular formula is C22H27N5O3S. The molecule has 31 heavy (non-hydrogen) atoms. The molecule has 0 aliphatic carbocycles. The van der Waals surface area contributed by atoms with Gasteiger partial charge in [-0.3, -0.25) is 4.79 Å². The Bertz CT molecular complexity index is 1030. The molecule has 1 aliphatic heterocycles. The molecule has 3 aromatic heterocycles. The largest absolute Gasteiger partial charge is 0.385 e. The molecule has 0 radical (unpaired) electrons. The molecule has 0 bridgehead atoms. The van der Waals surface area contributed by atoms with Crippen LogP contribution in [0.5, 0.6) is 0 Å². The second kappa shape index (κ2) is 9.47. The molecule has 4 heterocycles. The molecule has 0 saturated carbocycles. The van der Waals surface area contributed by atoms with Crippen molar-refractivity contribution in [1.82, 2.24) is 19.6 Å². The number of likely N-dealkylation sites (tertiary alicyclic amines) is 1. The molecule has 0 N–H and O–H groups in total. The topological polar surface area (TPSA) is 85.8 Å². The van der Waals surface area contributed by atoms with E-state index in [0.717, 1.165) is 46.3 Å². The number of carbonyl (C=O) groups excluding carboxylic acids is 1. The van der Waals surface area contributed by atoms with Crippen molar-refractivity contribution in [2.75, 3.05) is 19.7 Å². The number of oxime groups is 1. The zero-order valence-corrected chi connectivity index (χ0v) is 18.9. The summed E-state index contributed by atoms with van der Waals surface area (Å²) in [6.07, 6.45) is 5.59. The molecular weight excluding hydrogens is 414 g/mol. The van der Waals surface area contributed by atoms with Crippen LogP contribution in [0.3, 0.4) is 0 Å². The molecule has 3 aromatic rings. The molecule has 1 amide bonds. The van der Waals surface area contributed by atoms with Gasteiger partial charge in [0.05, 0.1) is 22.8 Å². The van der Waals surface area contributed by atoms with Crippen molar-refractivity contribution in [2.45, 2.75) is 46.1 Å². The van der Waals surface area contributed by atoms with Gasteiger partial charge in [-0.15, -0.1) is 11.3 Å². The van der Waals surface area contributed by atoms with Gasteiger partial charge in [0.15, 0.2) is 6.61 Å². The molecule has 0 spiro atoms. The zero-order chi connectivity index (χ0) is 21.8. The van der Waals surface area contributed by atoms with Crippen LogP contribution >= 0.6 is 11.3 Å². The van der Waals surface area contributed by atoms with E-state index in [1.807, 2.05) is 55.6 Å². The molecule has 0 atom stereocenters. The lowest BCUT2D eigenvalue weighted by Gasteiger charge is -2.31. The summed E-state index contributed by atoms with van der Waals surface area (Å²) >= 11 is 1.60. The average Bonchev–Trinajstić information content (AvgIpc) is 3.53. The SMILES string of the molecule is CC(=NOCC(=O)N1CCC(c2nccn2Cc2c(C)noc2C)CC1)c1cccs1. The third-order valence-corrected chi connectivity index (χ3v) is 6.72. The fraction of sp³-hybridized carbons (Fsp3) is 0.455. The highest BCUT2D eigenvalue weighted by atomic mass is 32.1. The van der Waals surface area contributed by atoms with Crippen LogP contribution in [0.2, 0.25) is 0 Å². The van der Waals surface area contributed by atoms with Crippen molar-refractivity contribution in [3.8, 4) is 0 Å². The van der Waals surface area contributed by atoms with Crippen LogP contribution in [0.15, 0.2) is 39.6 Å². The van der Waals surface area contributed by atoms with Crippen LogP contribution in [0.25, 0.3) is 0 Å². The Morgan fingerprint density at radius 1 is 1.35 bits per heavy atom. The first-order valence-electron chi connectivity index (χ1n) is 10.4. The summed E-state index contributed by atoms with van der Waals surface area (Å²) in [6, 6.07) is 3.95. The smallest absolute Gasteiger partial charge is 0.263 e. The Hall–Kier alpha value is -2.94. The van der Waals surface area contributed by atoms with Crippen LogP contribution in [0.4, 0.5) is 0 Å². The van der Waals surface area contributed by atoms with Crippen molar-refractivity contribution in [3.05, 3.63) is 57.6 Å². The third kappa shape index (κ3) is 4.87. The van der Waals surface area contributed by atoms with E-state index >= 15 is 0 Å². The van der Waals surface area contributed by atoms with E-state index in [2.05, 4.69) is 19.9 Å². The fourth-order valence-corrected chi connectivity index (χ4v) is 4.57. The van der Waals surface area contributed by atoms with Gasteiger partial charge in [-0.1, -0.05) is 16.4 Å². The van der Waals surface area contributed by atoms with E-state index in [9.17, 15) is 4.79 Å². The van der Waals surface area contributed by atoms with Crippen molar-refractivity contribution in [3.63, 3.8) is 0 Å². The Balaban J connectivity index is 1.30. The molecule has 9 heteroatoms. The van der Waals surface area contributed by atoms with E-state index < -0.39 is 0 Å². The van der Waals surface area contributed by atoms with Gasteiger partial charge in [-0.25, -0.2) is 4.98 Å². The monoisotopic (exact) mass is 441 g/mol. The number of carbonyl (C=O) groups is 1. The summed E-state index contributed by atoms with van der Waals surface area (Å²) in [6.45, 7) is 7.83. The second-order valence-electron chi connectivity index (χ2n) is 7.80. The van der Waals surface area contributed by atoms with E-state index in [4.69, 9.17) is 9.36 Å². The lowest BCUT2D eigenvalue weighted by molar-refractivity contribution is -0.137. The highest BCUT2D eigenvalue weighted by Crippen LogP contribution is 2.28. The summed E-state index contributed by atoms with van der Waals surface area (Å²) in [5.41, 5.74) is 2.79. The minimum absolute atomic E-state index is 0.0276. The van der Waals surface area contributed by atoms with Gasteiger partial charge in [-0.2, -0.15) is 0 Å². The van der Waals surface area contributed by atoms with Crippen molar-refractivity contribution >= 4 is 23.0 Å². The van der Waals surface area contributed by atoms with Gasteiger partial charge in [-0.05, 0) is 45.1 Å². The summed E-state index contributed by atoms with van der Waals surface area (Å²) in [5.74, 6) is 2.19. The van der Waals surface area contributed by atoms with Gasteiger partial charge in [0.25, 0.3) is 5.91 Å². The summed E-state index contributed by atoms with van der Waals surface area (Å²) in [7, 11) is 0. The molecule has 1 aliphatic rings. The van der Waals surface area contributed by atoms with Crippen LogP contribution in [0.1, 0.15) is 53.4 Å². The first kappa shape index (κ1) is 21.3. The Morgan fingerprint density at radius 2 is 2.16 bits per heavy atom. The normalized spacial score (nSPS) is 15.5. The first-order chi connectivity index (χ1) is 15.0. The number of aryl methyl sites for hydroxylation is 2. The van der Waals surface area contributed by atoms with E-state index in [1.54, 1.807) is 11.3 Å². The number of nitrogens with zero attached hydrogens (tertiary/aromatic N) is 5. The molecule has 164 valence electrons. The average molecular weight is 442 g/mol. The summed E-state index contributed by atoms with van der Waals surface area (Å²) < 4.78 is 7.46. The maximum atomic E-state index is 12.5. The van der Waals surface area contributed by atoms with Crippen molar-refractivity contribution in [2.24, 2.45) is 5.16 Å². The van der Waals surface area contributed by atoms with Gasteiger partial charge >= 0.3 is 0 Å². The highest BCUT2D eigenvalue weighted by molar-refractivity contribution is 7.12. The lowest BCUT2D eigenvalue weighted by atomic mass is 9.95. The minimum Gasteiger partial charge on any atom is -0.385 e. The number of aromatic nitrogens is 3. The molecule has 0 unspecified atom stereocenters. The van der Waals surface area contributed by atoms with Crippen LogP contribution in [0, 0.1) is 13.8 Å². The summed E-state index contributed by atoms with van der Waals surface area (Å²) in [5, 5.41) is 10.1. The fourth-order valence-electron chi connectivity index (χ4n) is 3.90. The van der Waals surface area contributed by atoms with Gasteiger partial charge in [0.1, 0.15) is 11.6 Å². The van der Waals surface area contributed by atoms with Crippen LogP contribution in [-0.4, -0.2) is 50.9 Å². The predicted octanol–water partition coefficient (Wildman–Crippen LogP) is 3.74. The molecule has 8 nitrogen and oxygen atoms in total. The molecule has 0 aromatic carbocycles. The number of thiophene rings is 1. The van der Waals surface area contributed by atoms with Crippen LogP contribution < -0.4 is 0 Å². The third-order valence-electron chi connectivity index (χ3n) is 5.74. The first-order valence-corrected chi connectivity index (χ1v) is 11.3. The quantitative estimate of drug-likeness (QED) is 0.412. The Labute approximate surface area is 185 Å². The second-order valence-corrected chi connectivity index (χ2v) is 8.75. The summed E-state index contributed by atoms with van der Waals surface area (Å²) in [4.78, 5) is 25.3. The van der Waals surface area contributed by atoms with Gasteiger partial charge < -0.3 is 18.8 Å². The van der Waals surface area contributed by atoms with Gasteiger partial charge in [0.2, 0.25) is 0 Å². The minimum atomic E-state index is -0.0337. The maximum absolute atomic E-state index is 12.5. The van der Waals surface area contributed by atoms with Crippen molar-refractivity contribution < 1.29 is 14.2 Å². The van der Waals surface area contributed by atoms with Crippen molar-refractivity contribution in [1.29, 1.82) is 0 Å². The number of rotatable bonds is 7. The van der Waals surface area contributed by atoms with Crippen LogP contribution in [-0.2, 0) is 16.2 Å².